The first kappa shape index (κ1) is 25.9. The summed E-state index contributed by atoms with van der Waals surface area (Å²) in [5.41, 5.74) is 2.92. The fourth-order valence-electron chi connectivity index (χ4n) is 3.73. The first-order valence-corrected chi connectivity index (χ1v) is 12.5. The summed E-state index contributed by atoms with van der Waals surface area (Å²) in [6, 6.07) is 18.8. The second kappa shape index (κ2) is 11.3. The van der Waals surface area contributed by atoms with Gasteiger partial charge >= 0.3 is 6.03 Å². The summed E-state index contributed by atoms with van der Waals surface area (Å²) in [5.74, 6) is -0.599. The molecule has 1 fully saturated rings. The maximum Gasteiger partial charge on any atom is 0.335 e. The molecule has 0 atom stereocenters. The predicted molar refractivity (Wildman–Crippen MR) is 146 cm³/mol. The molecule has 1 heterocycles. The van der Waals surface area contributed by atoms with Crippen molar-refractivity contribution < 1.29 is 23.9 Å². The van der Waals surface area contributed by atoms with Crippen molar-refractivity contribution in [2.75, 3.05) is 11.5 Å². The number of amides is 4. The monoisotopic (exact) mass is 607 g/mol. The lowest BCUT2D eigenvalue weighted by Gasteiger charge is -2.26. The normalized spacial score (nSPS) is 14.4. The summed E-state index contributed by atoms with van der Waals surface area (Å²) >= 11 is 2.09. The Bertz CT molecular complexity index is 1460. The van der Waals surface area contributed by atoms with E-state index < -0.39 is 17.8 Å². The van der Waals surface area contributed by atoms with Crippen molar-refractivity contribution >= 4 is 52.2 Å². The number of carbonyl (C=O) groups excluding carboxylic acids is 3. The highest BCUT2D eigenvalue weighted by Crippen LogP contribution is 2.36. The van der Waals surface area contributed by atoms with E-state index in [2.05, 4.69) is 34.0 Å². The standard InChI is InChI=1S/C28H22IN3O5/c1-3-36-24-14-18(13-23(29)25(24)37-16-20-7-5-4-6-19(20)15-30)12-22-26(33)31-28(35)32(27(22)34)21-10-8-17(2)9-11-21/h4-14H,3,16H2,1-2H3,(H,31,33,35)/b22-12+. The van der Waals surface area contributed by atoms with Gasteiger partial charge in [-0.15, -0.1) is 0 Å². The molecule has 1 aliphatic rings. The molecule has 1 N–H and O–H groups in total. The molecular weight excluding hydrogens is 585 g/mol. The lowest BCUT2D eigenvalue weighted by Crippen LogP contribution is -2.54. The Morgan fingerprint density at radius 2 is 1.78 bits per heavy atom. The van der Waals surface area contributed by atoms with Gasteiger partial charge in [-0.2, -0.15) is 5.26 Å². The van der Waals surface area contributed by atoms with E-state index in [0.29, 0.717) is 38.5 Å². The van der Waals surface area contributed by atoms with Crippen molar-refractivity contribution in [3.05, 3.63) is 92.1 Å². The average molecular weight is 607 g/mol. The number of imide groups is 2. The largest absolute Gasteiger partial charge is 0.490 e. The molecule has 0 unspecified atom stereocenters. The average Bonchev–Trinajstić information content (AvgIpc) is 2.87. The number of nitriles is 1. The van der Waals surface area contributed by atoms with Gasteiger partial charge in [0.2, 0.25) is 0 Å². The molecule has 0 saturated carbocycles. The number of halogens is 1. The molecule has 3 aromatic rings. The third-order valence-electron chi connectivity index (χ3n) is 5.55. The van der Waals surface area contributed by atoms with Gasteiger partial charge in [0.05, 0.1) is 27.5 Å². The number of hydrogen-bond acceptors (Lipinski definition) is 6. The van der Waals surface area contributed by atoms with Crippen LogP contribution in [0.5, 0.6) is 11.5 Å². The zero-order valence-corrected chi connectivity index (χ0v) is 22.2. The molecular formula is C28H22IN3O5. The molecule has 0 aromatic heterocycles. The minimum absolute atomic E-state index is 0.161. The topological polar surface area (TPSA) is 109 Å². The number of ether oxygens (including phenoxy) is 2. The molecule has 37 heavy (non-hydrogen) atoms. The fraction of sp³-hybridized carbons (Fsp3) is 0.143. The number of barbiturate groups is 1. The number of hydrogen-bond donors (Lipinski definition) is 1. The number of carbonyl (C=O) groups is 3. The maximum absolute atomic E-state index is 13.2. The summed E-state index contributed by atoms with van der Waals surface area (Å²) in [6.07, 6.45) is 1.42. The molecule has 0 aliphatic carbocycles. The lowest BCUT2D eigenvalue weighted by molar-refractivity contribution is -0.122. The Morgan fingerprint density at radius 3 is 2.49 bits per heavy atom. The van der Waals surface area contributed by atoms with E-state index >= 15 is 0 Å². The van der Waals surface area contributed by atoms with E-state index in [-0.39, 0.29) is 12.2 Å². The van der Waals surface area contributed by atoms with Crippen LogP contribution in [0.25, 0.3) is 6.08 Å². The number of benzene rings is 3. The van der Waals surface area contributed by atoms with Crippen molar-refractivity contribution in [2.45, 2.75) is 20.5 Å². The maximum atomic E-state index is 13.2. The van der Waals surface area contributed by atoms with Crippen LogP contribution in [0.4, 0.5) is 10.5 Å². The molecule has 0 spiro atoms. The lowest BCUT2D eigenvalue weighted by atomic mass is 10.1. The Labute approximate surface area is 227 Å². The van der Waals surface area contributed by atoms with Crippen molar-refractivity contribution in [1.29, 1.82) is 5.26 Å². The Hall–Kier alpha value is -4.17. The summed E-state index contributed by atoms with van der Waals surface area (Å²) < 4.78 is 12.5. The molecule has 4 rings (SSSR count). The Morgan fingerprint density at radius 1 is 1.05 bits per heavy atom. The minimum atomic E-state index is -0.804. The molecule has 0 radical (unpaired) electrons. The summed E-state index contributed by atoms with van der Waals surface area (Å²) in [7, 11) is 0. The van der Waals surface area contributed by atoms with Gasteiger partial charge < -0.3 is 9.47 Å². The second-order valence-corrected chi connectivity index (χ2v) is 9.28. The van der Waals surface area contributed by atoms with Crippen LogP contribution in [0.15, 0.2) is 66.2 Å². The van der Waals surface area contributed by atoms with E-state index in [1.165, 1.54) is 6.08 Å². The molecule has 1 aliphatic heterocycles. The molecule has 4 amide bonds. The smallest absolute Gasteiger partial charge is 0.335 e. The molecule has 0 bridgehead atoms. The highest BCUT2D eigenvalue weighted by Gasteiger charge is 2.36. The van der Waals surface area contributed by atoms with E-state index in [0.717, 1.165) is 16.0 Å². The van der Waals surface area contributed by atoms with Gasteiger partial charge in [-0.05, 0) is 78.4 Å². The number of nitrogens with zero attached hydrogens (tertiary/aromatic N) is 2. The van der Waals surface area contributed by atoms with Gasteiger partial charge in [0.25, 0.3) is 11.8 Å². The molecule has 9 heteroatoms. The zero-order valence-electron chi connectivity index (χ0n) is 20.1. The number of anilines is 1. The van der Waals surface area contributed by atoms with Crippen LogP contribution >= 0.6 is 22.6 Å². The van der Waals surface area contributed by atoms with E-state index in [1.54, 1.807) is 48.5 Å². The van der Waals surface area contributed by atoms with Gasteiger partial charge in [-0.1, -0.05) is 35.9 Å². The first-order chi connectivity index (χ1) is 17.8. The second-order valence-electron chi connectivity index (χ2n) is 8.11. The van der Waals surface area contributed by atoms with Crippen LogP contribution < -0.4 is 19.7 Å². The van der Waals surface area contributed by atoms with Gasteiger partial charge in [0.15, 0.2) is 11.5 Å². The quantitative estimate of drug-likeness (QED) is 0.227. The zero-order chi connectivity index (χ0) is 26.5. The predicted octanol–water partition coefficient (Wildman–Crippen LogP) is 5.12. The summed E-state index contributed by atoms with van der Waals surface area (Å²) in [5, 5.41) is 11.6. The highest BCUT2D eigenvalue weighted by atomic mass is 127. The fourth-order valence-corrected chi connectivity index (χ4v) is 4.51. The number of aryl methyl sites for hydroxylation is 1. The third-order valence-corrected chi connectivity index (χ3v) is 6.35. The van der Waals surface area contributed by atoms with E-state index in [1.807, 2.05) is 26.0 Å². The highest BCUT2D eigenvalue weighted by molar-refractivity contribution is 14.1. The minimum Gasteiger partial charge on any atom is -0.490 e. The molecule has 186 valence electrons. The first-order valence-electron chi connectivity index (χ1n) is 11.4. The van der Waals surface area contributed by atoms with Crippen LogP contribution in [-0.4, -0.2) is 24.5 Å². The summed E-state index contributed by atoms with van der Waals surface area (Å²) in [6.45, 7) is 4.24. The van der Waals surface area contributed by atoms with Crippen LogP contribution in [0.3, 0.4) is 0 Å². The van der Waals surface area contributed by atoms with Crippen molar-refractivity contribution in [2.24, 2.45) is 0 Å². The van der Waals surface area contributed by atoms with Crippen LogP contribution in [0.2, 0.25) is 0 Å². The number of nitrogens with one attached hydrogen (secondary N) is 1. The summed E-state index contributed by atoms with van der Waals surface area (Å²) in [4.78, 5) is 39.2. The van der Waals surface area contributed by atoms with Gasteiger partial charge in [0, 0.05) is 5.56 Å². The molecule has 8 nitrogen and oxygen atoms in total. The van der Waals surface area contributed by atoms with Crippen LogP contribution in [0.1, 0.15) is 29.2 Å². The van der Waals surface area contributed by atoms with Crippen LogP contribution in [0, 0.1) is 21.8 Å². The van der Waals surface area contributed by atoms with Gasteiger partial charge in [-0.25, -0.2) is 9.69 Å². The Kier molecular flexibility index (Phi) is 7.89. The van der Waals surface area contributed by atoms with Crippen molar-refractivity contribution in [1.82, 2.24) is 5.32 Å². The Balaban J connectivity index is 1.67. The molecule has 1 saturated heterocycles. The van der Waals surface area contributed by atoms with Crippen molar-refractivity contribution in [3.63, 3.8) is 0 Å². The number of rotatable bonds is 7. The van der Waals surface area contributed by atoms with Crippen LogP contribution in [-0.2, 0) is 16.2 Å². The van der Waals surface area contributed by atoms with E-state index in [4.69, 9.17) is 9.47 Å². The SMILES string of the molecule is CCOc1cc(/C=C2\C(=O)NC(=O)N(c3ccc(C)cc3)C2=O)cc(I)c1OCc1ccccc1C#N. The number of urea groups is 1. The van der Waals surface area contributed by atoms with Gasteiger partial charge in [0.1, 0.15) is 12.2 Å². The third kappa shape index (κ3) is 5.65. The van der Waals surface area contributed by atoms with E-state index in [9.17, 15) is 19.6 Å². The van der Waals surface area contributed by atoms with Crippen molar-refractivity contribution in [3.8, 4) is 17.6 Å². The molecule has 3 aromatic carbocycles. The van der Waals surface area contributed by atoms with Gasteiger partial charge in [-0.3, -0.25) is 14.9 Å².